The van der Waals surface area contributed by atoms with Gasteiger partial charge in [0.2, 0.25) is 0 Å². The van der Waals surface area contributed by atoms with E-state index in [9.17, 15) is 8.78 Å². The van der Waals surface area contributed by atoms with E-state index in [1.54, 1.807) is 6.92 Å². The molecule has 0 fully saturated rings. The minimum Gasteiger partial charge on any atom is -0.392 e. The highest BCUT2D eigenvalue weighted by molar-refractivity contribution is 4.52. The van der Waals surface area contributed by atoms with Crippen LogP contribution in [-0.2, 0) is 0 Å². The van der Waals surface area contributed by atoms with Crippen molar-refractivity contribution in [1.82, 2.24) is 5.32 Å². The van der Waals surface area contributed by atoms with Gasteiger partial charge < -0.3 is 10.4 Å². The summed E-state index contributed by atoms with van der Waals surface area (Å²) in [5, 5.41) is 10.9. The second kappa shape index (κ2) is 4.64. The maximum atomic E-state index is 11.3. The van der Waals surface area contributed by atoms with Gasteiger partial charge in [0, 0.05) is 6.54 Å². The van der Waals surface area contributed by atoms with Crippen molar-refractivity contribution in [3.63, 3.8) is 0 Å². The van der Waals surface area contributed by atoms with Gasteiger partial charge in [0.05, 0.1) is 12.6 Å². The molecular weight excluding hydrogens is 128 g/mol. The van der Waals surface area contributed by atoms with Crippen LogP contribution >= 0.6 is 0 Å². The molecule has 0 aliphatic rings. The molecule has 0 heterocycles. The molecule has 0 amide bonds. The van der Waals surface area contributed by atoms with Gasteiger partial charge in [-0.2, -0.15) is 0 Å². The Balaban J connectivity index is 2.91. The first-order valence-corrected chi connectivity index (χ1v) is 2.80. The number of aliphatic hydroxyl groups excluding tert-OH is 1. The molecule has 1 atom stereocenters. The van der Waals surface area contributed by atoms with E-state index in [0.29, 0.717) is 0 Å². The van der Waals surface area contributed by atoms with Gasteiger partial charge >= 0.3 is 0 Å². The number of rotatable bonds is 4. The fourth-order valence-corrected chi connectivity index (χ4v) is 0.401. The topological polar surface area (TPSA) is 32.3 Å². The van der Waals surface area contributed by atoms with Gasteiger partial charge in [-0.15, -0.1) is 0 Å². The maximum Gasteiger partial charge on any atom is 0.250 e. The van der Waals surface area contributed by atoms with E-state index in [2.05, 4.69) is 5.32 Å². The summed E-state index contributed by atoms with van der Waals surface area (Å²) in [6.07, 6.45) is -2.88. The van der Waals surface area contributed by atoms with Crippen LogP contribution < -0.4 is 5.32 Å². The van der Waals surface area contributed by atoms with E-state index in [1.165, 1.54) is 0 Å². The lowest BCUT2D eigenvalue weighted by atomic mass is 10.4. The van der Waals surface area contributed by atoms with Gasteiger partial charge in [-0.3, -0.25) is 0 Å². The SMILES string of the molecule is C[C@H](O)CNCC(F)F. The highest BCUT2D eigenvalue weighted by Gasteiger charge is 2.01. The average molecular weight is 139 g/mol. The minimum absolute atomic E-state index is 0.227. The van der Waals surface area contributed by atoms with Crippen LogP contribution in [0, 0.1) is 0 Å². The molecule has 56 valence electrons. The quantitative estimate of drug-likeness (QED) is 0.584. The van der Waals surface area contributed by atoms with Crippen molar-refractivity contribution in [3.05, 3.63) is 0 Å². The third kappa shape index (κ3) is 7.78. The summed E-state index contributed by atoms with van der Waals surface area (Å²) in [6, 6.07) is 0. The number of hydrogen-bond acceptors (Lipinski definition) is 2. The van der Waals surface area contributed by atoms with E-state index in [-0.39, 0.29) is 13.1 Å². The first-order valence-electron chi connectivity index (χ1n) is 2.80. The van der Waals surface area contributed by atoms with E-state index in [1.807, 2.05) is 0 Å². The van der Waals surface area contributed by atoms with Gasteiger partial charge in [-0.05, 0) is 6.92 Å². The van der Waals surface area contributed by atoms with Crippen molar-refractivity contribution in [2.75, 3.05) is 13.1 Å². The second-order valence-corrected chi connectivity index (χ2v) is 1.90. The summed E-state index contributed by atoms with van der Waals surface area (Å²) in [6.45, 7) is 1.42. The smallest absolute Gasteiger partial charge is 0.250 e. The number of nitrogens with one attached hydrogen (secondary N) is 1. The van der Waals surface area contributed by atoms with Gasteiger partial charge in [0.1, 0.15) is 0 Å². The third-order valence-electron chi connectivity index (χ3n) is 0.738. The molecule has 9 heavy (non-hydrogen) atoms. The molecule has 0 saturated heterocycles. The highest BCUT2D eigenvalue weighted by atomic mass is 19.3. The van der Waals surface area contributed by atoms with Crippen molar-refractivity contribution >= 4 is 0 Å². The molecule has 2 N–H and O–H groups in total. The summed E-state index contributed by atoms with van der Waals surface area (Å²) in [5.41, 5.74) is 0. The zero-order chi connectivity index (χ0) is 7.28. The zero-order valence-electron chi connectivity index (χ0n) is 5.27. The Hall–Kier alpha value is -0.220. The van der Waals surface area contributed by atoms with Gasteiger partial charge in [-0.25, -0.2) is 8.78 Å². The molecule has 2 nitrogen and oxygen atoms in total. The first kappa shape index (κ1) is 8.78. The minimum atomic E-state index is -2.33. The molecular formula is C5H11F2NO. The molecule has 0 aromatic rings. The fourth-order valence-electron chi connectivity index (χ4n) is 0.401. The lowest BCUT2D eigenvalue weighted by Crippen LogP contribution is -2.28. The molecule has 0 spiro atoms. The number of aliphatic hydroxyl groups is 1. The van der Waals surface area contributed by atoms with Crippen LogP contribution in [0.5, 0.6) is 0 Å². The third-order valence-corrected chi connectivity index (χ3v) is 0.738. The highest BCUT2D eigenvalue weighted by Crippen LogP contribution is 1.87. The summed E-state index contributed by atoms with van der Waals surface area (Å²) in [5.74, 6) is 0. The van der Waals surface area contributed by atoms with Crippen LogP contribution in [0.3, 0.4) is 0 Å². The molecule has 0 aromatic heterocycles. The van der Waals surface area contributed by atoms with Gasteiger partial charge in [0.25, 0.3) is 6.43 Å². The molecule has 0 aliphatic heterocycles. The predicted molar refractivity (Wildman–Crippen MR) is 30.6 cm³/mol. The monoisotopic (exact) mass is 139 g/mol. The Bertz CT molecular complexity index is 60.0. The fraction of sp³-hybridized carbons (Fsp3) is 1.00. The summed E-state index contributed by atoms with van der Waals surface area (Å²) >= 11 is 0. The van der Waals surface area contributed by atoms with E-state index < -0.39 is 12.5 Å². The maximum absolute atomic E-state index is 11.3. The van der Waals surface area contributed by atoms with Crippen LogP contribution in [-0.4, -0.2) is 30.7 Å². The molecule has 0 aromatic carbocycles. The van der Waals surface area contributed by atoms with Crippen LogP contribution in [0.1, 0.15) is 6.92 Å². The van der Waals surface area contributed by atoms with Crippen LogP contribution in [0.25, 0.3) is 0 Å². The van der Waals surface area contributed by atoms with E-state index in [0.717, 1.165) is 0 Å². The van der Waals surface area contributed by atoms with E-state index in [4.69, 9.17) is 5.11 Å². The molecule has 0 aliphatic carbocycles. The lowest BCUT2D eigenvalue weighted by Gasteiger charge is -2.04. The predicted octanol–water partition coefficient (Wildman–Crippen LogP) is 0.222. The van der Waals surface area contributed by atoms with Crippen LogP contribution in [0.15, 0.2) is 0 Å². The summed E-state index contributed by atoms with van der Waals surface area (Å²) < 4.78 is 22.7. The molecule has 0 unspecified atom stereocenters. The summed E-state index contributed by atoms with van der Waals surface area (Å²) in [7, 11) is 0. The molecule has 0 saturated carbocycles. The van der Waals surface area contributed by atoms with Crippen molar-refractivity contribution < 1.29 is 13.9 Å². The Morgan fingerprint density at radius 1 is 1.44 bits per heavy atom. The van der Waals surface area contributed by atoms with Gasteiger partial charge in [0.15, 0.2) is 0 Å². The van der Waals surface area contributed by atoms with Gasteiger partial charge in [-0.1, -0.05) is 0 Å². The van der Waals surface area contributed by atoms with Crippen LogP contribution in [0.2, 0.25) is 0 Å². The van der Waals surface area contributed by atoms with Crippen molar-refractivity contribution in [2.24, 2.45) is 0 Å². The van der Waals surface area contributed by atoms with Crippen LogP contribution in [0.4, 0.5) is 8.78 Å². The number of alkyl halides is 2. The van der Waals surface area contributed by atoms with Crippen molar-refractivity contribution in [3.8, 4) is 0 Å². The van der Waals surface area contributed by atoms with Crippen molar-refractivity contribution in [1.29, 1.82) is 0 Å². The summed E-state index contributed by atoms with van der Waals surface area (Å²) in [4.78, 5) is 0. The van der Waals surface area contributed by atoms with Crippen molar-refractivity contribution in [2.45, 2.75) is 19.5 Å². The lowest BCUT2D eigenvalue weighted by molar-refractivity contribution is 0.133. The standard InChI is InChI=1S/C5H11F2NO/c1-4(9)2-8-3-5(6)7/h4-5,8-9H,2-3H2,1H3/t4-/m0/s1. The molecule has 0 bridgehead atoms. The second-order valence-electron chi connectivity index (χ2n) is 1.90. The molecule has 0 rings (SSSR count). The Morgan fingerprint density at radius 3 is 2.33 bits per heavy atom. The first-order chi connectivity index (χ1) is 4.13. The Labute approximate surface area is 52.9 Å². The Morgan fingerprint density at radius 2 is 2.00 bits per heavy atom. The largest absolute Gasteiger partial charge is 0.392 e. The number of halogens is 2. The van der Waals surface area contributed by atoms with E-state index >= 15 is 0 Å². The zero-order valence-corrected chi connectivity index (χ0v) is 5.27. The molecule has 0 radical (unpaired) electrons. The molecule has 4 heteroatoms. The normalized spacial score (nSPS) is 14.3. The Kier molecular flexibility index (Phi) is 4.53. The number of hydrogen-bond donors (Lipinski definition) is 2. The average Bonchev–Trinajstić information content (AvgIpc) is 1.63.